The highest BCUT2D eigenvalue weighted by molar-refractivity contribution is 14.1. The van der Waals surface area contributed by atoms with Crippen molar-refractivity contribution in [2.24, 2.45) is 0 Å². The van der Waals surface area contributed by atoms with Crippen LogP contribution in [-0.4, -0.2) is 91.5 Å². The summed E-state index contributed by atoms with van der Waals surface area (Å²) in [5.74, 6) is 0.0963. The van der Waals surface area contributed by atoms with Crippen molar-refractivity contribution in [1.82, 2.24) is 10.2 Å². The minimum atomic E-state index is -1.13. The van der Waals surface area contributed by atoms with Gasteiger partial charge in [-0.25, -0.2) is 0 Å². The van der Waals surface area contributed by atoms with Gasteiger partial charge in [0.25, 0.3) is 0 Å². The lowest BCUT2D eigenvalue weighted by Crippen LogP contribution is -2.57. The van der Waals surface area contributed by atoms with Crippen molar-refractivity contribution in [3.8, 4) is 11.5 Å². The Morgan fingerprint density at radius 2 is 1.97 bits per heavy atom. The third kappa shape index (κ3) is 7.21. The normalized spacial score (nSPS) is 21.8. The number of halogens is 1. The zero-order valence-corrected chi connectivity index (χ0v) is 23.3. The maximum atomic E-state index is 13.4. The van der Waals surface area contributed by atoms with E-state index in [4.69, 9.17) is 19.3 Å². The van der Waals surface area contributed by atoms with Crippen LogP contribution in [0, 0.1) is 3.57 Å². The average Bonchev–Trinajstić information content (AvgIpc) is 3.43. The summed E-state index contributed by atoms with van der Waals surface area (Å²) in [6, 6.07) is 2.42. The van der Waals surface area contributed by atoms with Crippen LogP contribution in [0.2, 0.25) is 0 Å². The number of nitrogens with one attached hydrogen (secondary N) is 1. The van der Waals surface area contributed by atoms with E-state index < -0.39 is 24.2 Å². The first kappa shape index (κ1) is 29.3. The summed E-state index contributed by atoms with van der Waals surface area (Å²) in [7, 11) is 2.98. The Hall–Kier alpha value is -2.22. The summed E-state index contributed by atoms with van der Waals surface area (Å²) in [6.07, 6.45) is 4.08. The molecule has 3 atom stereocenters. The van der Waals surface area contributed by atoms with E-state index in [1.807, 2.05) is 22.6 Å². The van der Waals surface area contributed by atoms with Gasteiger partial charge in [0, 0.05) is 37.3 Å². The second kappa shape index (κ2) is 14.1. The molecule has 0 heterocycles. The van der Waals surface area contributed by atoms with E-state index in [2.05, 4.69) is 5.32 Å². The molecule has 0 aromatic heterocycles. The molecule has 3 rings (SSSR count). The van der Waals surface area contributed by atoms with E-state index in [0.717, 1.165) is 25.7 Å². The molecule has 204 valence electrons. The number of methoxy groups -OCH3 is 2. The second-order valence-corrected chi connectivity index (χ2v) is 10.3. The zero-order valence-electron chi connectivity index (χ0n) is 21.2. The van der Waals surface area contributed by atoms with Crippen LogP contribution in [0.5, 0.6) is 11.5 Å². The Labute approximate surface area is 230 Å². The molecule has 11 heteroatoms. The fraction of sp³-hybridized carbons (Fsp3) is 0.577. The molecule has 1 saturated carbocycles. The number of hydrogen-bond acceptors (Lipinski definition) is 8. The molecule has 0 aliphatic heterocycles. The van der Waals surface area contributed by atoms with Crippen molar-refractivity contribution in [3.63, 3.8) is 0 Å². The van der Waals surface area contributed by atoms with Gasteiger partial charge in [-0.05, 0) is 53.6 Å². The van der Waals surface area contributed by atoms with Crippen molar-refractivity contribution in [1.29, 1.82) is 0 Å². The molecule has 37 heavy (non-hydrogen) atoms. The first-order valence-corrected chi connectivity index (χ1v) is 13.5. The average molecular weight is 630 g/mol. The fourth-order valence-electron chi connectivity index (χ4n) is 4.97. The van der Waals surface area contributed by atoms with E-state index in [-0.39, 0.29) is 44.5 Å². The van der Waals surface area contributed by atoms with Gasteiger partial charge in [0.1, 0.15) is 18.5 Å². The number of benzene rings is 1. The second-order valence-electron chi connectivity index (χ2n) is 9.15. The van der Waals surface area contributed by atoms with E-state index in [9.17, 15) is 19.5 Å². The van der Waals surface area contributed by atoms with Gasteiger partial charge in [0.15, 0.2) is 11.5 Å². The molecule has 1 aromatic rings. The molecule has 0 saturated heterocycles. The Morgan fingerprint density at radius 1 is 1.24 bits per heavy atom. The number of nitrogens with zero attached hydrogens (tertiary/aromatic N) is 1. The highest BCUT2D eigenvalue weighted by Crippen LogP contribution is 2.38. The number of rotatable bonds is 12. The molecular formula is C26H35IN2O8. The van der Waals surface area contributed by atoms with Gasteiger partial charge >= 0.3 is 0 Å². The SMILES string of the molecule is COCCC(=O)N(C1CCCC1)[C@@H]1CC(C(=O)NCCO)=C[C@H](Oc2c(I)cc(C=O)cc2OC)[C@H]1O. The summed E-state index contributed by atoms with van der Waals surface area (Å²) >= 11 is 2.02. The van der Waals surface area contributed by atoms with Crippen molar-refractivity contribution in [3.05, 3.63) is 32.9 Å². The van der Waals surface area contributed by atoms with Crippen LogP contribution in [0.1, 0.15) is 48.9 Å². The number of amides is 2. The highest BCUT2D eigenvalue weighted by atomic mass is 127. The molecule has 10 nitrogen and oxygen atoms in total. The van der Waals surface area contributed by atoms with Gasteiger partial charge < -0.3 is 34.6 Å². The molecule has 3 N–H and O–H groups in total. The van der Waals surface area contributed by atoms with Gasteiger partial charge in [-0.15, -0.1) is 0 Å². The number of ether oxygens (including phenoxy) is 3. The summed E-state index contributed by atoms with van der Waals surface area (Å²) in [5.41, 5.74) is 0.765. The first-order chi connectivity index (χ1) is 17.8. The first-order valence-electron chi connectivity index (χ1n) is 12.4. The number of carbonyl (C=O) groups is 3. The van der Waals surface area contributed by atoms with Crippen molar-refractivity contribution < 1.29 is 38.8 Å². The van der Waals surface area contributed by atoms with Gasteiger partial charge in [0.05, 0.1) is 36.4 Å². The lowest BCUT2D eigenvalue weighted by molar-refractivity contribution is -0.143. The monoisotopic (exact) mass is 630 g/mol. The Balaban J connectivity index is 2.00. The van der Waals surface area contributed by atoms with Gasteiger partial charge in [-0.1, -0.05) is 12.8 Å². The van der Waals surface area contributed by atoms with Gasteiger partial charge in [0.2, 0.25) is 11.8 Å². The number of aliphatic hydroxyl groups is 2. The highest BCUT2D eigenvalue weighted by Gasteiger charge is 2.43. The van der Waals surface area contributed by atoms with Crippen molar-refractivity contribution in [2.45, 2.75) is 62.8 Å². The smallest absolute Gasteiger partial charge is 0.247 e. The number of aliphatic hydroxyl groups excluding tert-OH is 2. The van der Waals surface area contributed by atoms with Gasteiger partial charge in [-0.2, -0.15) is 0 Å². The Bertz CT molecular complexity index is 995. The van der Waals surface area contributed by atoms with Crippen LogP contribution >= 0.6 is 22.6 Å². The molecule has 1 fully saturated rings. The topological polar surface area (TPSA) is 135 Å². The third-order valence-electron chi connectivity index (χ3n) is 6.74. The Kier molecular flexibility index (Phi) is 11.2. The summed E-state index contributed by atoms with van der Waals surface area (Å²) in [5, 5.41) is 23.4. The van der Waals surface area contributed by atoms with E-state index in [1.54, 1.807) is 17.0 Å². The predicted octanol–water partition coefficient (Wildman–Crippen LogP) is 1.84. The van der Waals surface area contributed by atoms with Crippen LogP contribution < -0.4 is 14.8 Å². The van der Waals surface area contributed by atoms with Crippen molar-refractivity contribution in [2.75, 3.05) is 34.0 Å². The standard InChI is InChI=1S/C26H35IN2O8/c1-35-10-7-23(32)29(18-5-3-4-6-18)20-13-17(26(34)28-8-9-30)14-21(24(20)33)37-25-19(27)11-16(15-31)12-22(25)36-2/h11-12,14-15,18,20-21,24,30,33H,3-10,13H2,1-2H3,(H,28,34)/t20-,21+,24+/m1/s1. The van der Waals surface area contributed by atoms with Crippen LogP contribution in [-0.2, 0) is 14.3 Å². The molecule has 1 aromatic carbocycles. The summed E-state index contributed by atoms with van der Waals surface area (Å²) in [6.45, 7) is 0.114. The number of carbonyl (C=O) groups excluding carboxylic acids is 3. The van der Waals surface area contributed by atoms with Crippen LogP contribution in [0.3, 0.4) is 0 Å². The van der Waals surface area contributed by atoms with Crippen LogP contribution in [0.15, 0.2) is 23.8 Å². The molecule has 0 radical (unpaired) electrons. The number of aldehydes is 1. The zero-order chi connectivity index (χ0) is 26.9. The maximum absolute atomic E-state index is 13.4. The Morgan fingerprint density at radius 3 is 2.59 bits per heavy atom. The molecule has 0 unspecified atom stereocenters. The van der Waals surface area contributed by atoms with Gasteiger partial charge in [-0.3, -0.25) is 14.4 Å². The molecular weight excluding hydrogens is 595 g/mol. The fourth-order valence-corrected chi connectivity index (χ4v) is 5.72. The maximum Gasteiger partial charge on any atom is 0.247 e. The van der Waals surface area contributed by atoms with E-state index in [1.165, 1.54) is 20.3 Å². The van der Waals surface area contributed by atoms with Crippen LogP contribution in [0.25, 0.3) is 0 Å². The molecule has 2 aliphatic carbocycles. The lowest BCUT2D eigenvalue weighted by Gasteiger charge is -2.43. The summed E-state index contributed by atoms with van der Waals surface area (Å²) in [4.78, 5) is 39.4. The van der Waals surface area contributed by atoms with E-state index in [0.29, 0.717) is 32.5 Å². The molecule has 0 spiro atoms. The number of hydrogen-bond donors (Lipinski definition) is 3. The van der Waals surface area contributed by atoms with E-state index >= 15 is 0 Å². The summed E-state index contributed by atoms with van der Waals surface area (Å²) < 4.78 is 17.4. The minimum absolute atomic E-state index is 0.0499. The van der Waals surface area contributed by atoms with Crippen molar-refractivity contribution >= 4 is 40.7 Å². The largest absolute Gasteiger partial charge is 0.493 e. The lowest BCUT2D eigenvalue weighted by atomic mass is 9.87. The third-order valence-corrected chi connectivity index (χ3v) is 7.54. The van der Waals surface area contributed by atoms with Crippen LogP contribution in [0.4, 0.5) is 0 Å². The quantitative estimate of drug-likeness (QED) is 0.236. The molecule has 2 amide bonds. The minimum Gasteiger partial charge on any atom is -0.493 e. The molecule has 2 aliphatic rings. The predicted molar refractivity (Wildman–Crippen MR) is 144 cm³/mol. The molecule has 0 bridgehead atoms.